The molecule has 1 aromatic carbocycles. The standard InChI is InChI=1S/C13H16ClNO/c1-8(2)15-7-12(9(3)16)11-6-10(14)4-5-13(11)15/h4-6,8,12H,7H2,1-3H3. The third-order valence-corrected chi connectivity index (χ3v) is 3.40. The smallest absolute Gasteiger partial charge is 0.139 e. The number of nitrogens with zero attached hydrogens (tertiary/aromatic N) is 1. The van der Waals surface area contributed by atoms with Crippen molar-refractivity contribution < 1.29 is 4.79 Å². The van der Waals surface area contributed by atoms with Crippen LogP contribution in [0.2, 0.25) is 5.02 Å². The molecule has 2 rings (SSSR count). The second-order valence-corrected chi connectivity index (χ2v) is 5.05. The quantitative estimate of drug-likeness (QED) is 0.787. The summed E-state index contributed by atoms with van der Waals surface area (Å²) in [7, 11) is 0. The molecule has 1 aromatic rings. The van der Waals surface area contributed by atoms with E-state index in [1.54, 1.807) is 6.92 Å². The SMILES string of the molecule is CC(=O)C1CN(C(C)C)c2ccc(Cl)cc21. The Morgan fingerprint density at radius 2 is 2.19 bits per heavy atom. The monoisotopic (exact) mass is 237 g/mol. The summed E-state index contributed by atoms with van der Waals surface area (Å²) in [6.45, 7) is 6.71. The number of ketones is 1. The summed E-state index contributed by atoms with van der Waals surface area (Å²) in [5.74, 6) is 0.197. The summed E-state index contributed by atoms with van der Waals surface area (Å²) >= 11 is 5.99. The molecule has 1 aliphatic heterocycles. The molecule has 3 heteroatoms. The Kier molecular flexibility index (Phi) is 2.94. The average Bonchev–Trinajstić information content (AvgIpc) is 2.56. The number of carbonyl (C=O) groups excluding carboxylic acids is 1. The Bertz CT molecular complexity index is 428. The largest absolute Gasteiger partial charge is 0.368 e. The maximum absolute atomic E-state index is 11.6. The molecule has 1 aliphatic rings. The minimum atomic E-state index is -0.0175. The van der Waals surface area contributed by atoms with E-state index in [0.29, 0.717) is 11.1 Å². The molecule has 0 bridgehead atoms. The van der Waals surface area contributed by atoms with Crippen LogP contribution in [0.25, 0.3) is 0 Å². The van der Waals surface area contributed by atoms with Crippen molar-refractivity contribution in [2.45, 2.75) is 32.7 Å². The fraction of sp³-hybridized carbons (Fsp3) is 0.462. The molecule has 0 radical (unpaired) electrons. The molecular formula is C13H16ClNO. The lowest BCUT2D eigenvalue weighted by atomic mass is 9.98. The Morgan fingerprint density at radius 3 is 2.75 bits per heavy atom. The van der Waals surface area contributed by atoms with Crippen molar-refractivity contribution in [3.05, 3.63) is 28.8 Å². The molecule has 1 unspecified atom stereocenters. The number of Topliss-reactive ketones (excluding diaryl/α,β-unsaturated/α-hetero) is 1. The van der Waals surface area contributed by atoms with Crippen LogP contribution in [0.3, 0.4) is 0 Å². The van der Waals surface area contributed by atoms with Gasteiger partial charge < -0.3 is 4.90 Å². The van der Waals surface area contributed by atoms with E-state index >= 15 is 0 Å². The molecule has 86 valence electrons. The molecule has 2 nitrogen and oxygen atoms in total. The minimum absolute atomic E-state index is 0.0175. The first-order valence-electron chi connectivity index (χ1n) is 5.57. The van der Waals surface area contributed by atoms with Crippen molar-refractivity contribution in [1.29, 1.82) is 0 Å². The van der Waals surface area contributed by atoms with Gasteiger partial charge in [-0.1, -0.05) is 11.6 Å². The van der Waals surface area contributed by atoms with E-state index in [9.17, 15) is 4.79 Å². The van der Waals surface area contributed by atoms with Crippen LogP contribution in [0.4, 0.5) is 5.69 Å². The summed E-state index contributed by atoms with van der Waals surface area (Å²) in [6, 6.07) is 6.23. The van der Waals surface area contributed by atoms with Gasteiger partial charge in [0.2, 0.25) is 0 Å². The van der Waals surface area contributed by atoms with Crippen LogP contribution in [-0.2, 0) is 4.79 Å². The molecule has 16 heavy (non-hydrogen) atoms. The summed E-state index contributed by atoms with van der Waals surface area (Å²) in [4.78, 5) is 13.9. The maximum atomic E-state index is 11.6. The average molecular weight is 238 g/mol. The van der Waals surface area contributed by atoms with Crippen molar-refractivity contribution in [1.82, 2.24) is 0 Å². The summed E-state index contributed by atoms with van der Waals surface area (Å²) in [5, 5.41) is 0.704. The van der Waals surface area contributed by atoms with E-state index in [1.807, 2.05) is 18.2 Å². The van der Waals surface area contributed by atoms with Gasteiger partial charge in [-0.2, -0.15) is 0 Å². The summed E-state index contributed by atoms with van der Waals surface area (Å²) in [6.07, 6.45) is 0. The lowest BCUT2D eigenvalue weighted by molar-refractivity contribution is -0.118. The van der Waals surface area contributed by atoms with Gasteiger partial charge in [0.25, 0.3) is 0 Å². The Balaban J connectivity index is 2.48. The molecule has 1 heterocycles. The number of fused-ring (bicyclic) bond motifs is 1. The minimum Gasteiger partial charge on any atom is -0.368 e. The molecule has 1 atom stereocenters. The Labute approximate surface area is 101 Å². The molecule has 0 aliphatic carbocycles. The van der Waals surface area contributed by atoms with Gasteiger partial charge in [-0.15, -0.1) is 0 Å². The van der Waals surface area contributed by atoms with E-state index in [1.165, 1.54) is 0 Å². The zero-order valence-corrected chi connectivity index (χ0v) is 10.6. The van der Waals surface area contributed by atoms with Gasteiger partial charge in [0.05, 0.1) is 5.92 Å². The zero-order valence-electron chi connectivity index (χ0n) is 9.83. The highest BCUT2D eigenvalue weighted by molar-refractivity contribution is 6.30. The van der Waals surface area contributed by atoms with Crippen molar-refractivity contribution in [2.24, 2.45) is 0 Å². The fourth-order valence-electron chi connectivity index (χ4n) is 2.30. The predicted octanol–water partition coefficient (Wildman–Crippen LogP) is 3.24. The predicted molar refractivity (Wildman–Crippen MR) is 67.4 cm³/mol. The summed E-state index contributed by atoms with van der Waals surface area (Å²) in [5.41, 5.74) is 2.23. The van der Waals surface area contributed by atoms with Crippen molar-refractivity contribution in [3.63, 3.8) is 0 Å². The van der Waals surface area contributed by atoms with E-state index < -0.39 is 0 Å². The number of anilines is 1. The number of carbonyl (C=O) groups is 1. The molecule has 0 N–H and O–H groups in total. The fourth-order valence-corrected chi connectivity index (χ4v) is 2.48. The first kappa shape index (κ1) is 11.5. The van der Waals surface area contributed by atoms with Crippen LogP contribution < -0.4 is 4.90 Å². The van der Waals surface area contributed by atoms with Gasteiger partial charge in [0.15, 0.2) is 0 Å². The molecule has 0 saturated carbocycles. The van der Waals surface area contributed by atoms with Gasteiger partial charge >= 0.3 is 0 Å². The number of halogens is 1. The molecule has 0 amide bonds. The molecule has 0 aromatic heterocycles. The van der Waals surface area contributed by atoms with E-state index in [0.717, 1.165) is 17.8 Å². The van der Waals surface area contributed by atoms with E-state index in [2.05, 4.69) is 18.7 Å². The van der Waals surface area contributed by atoms with Gasteiger partial charge in [0, 0.05) is 23.3 Å². The highest BCUT2D eigenvalue weighted by atomic mass is 35.5. The molecular weight excluding hydrogens is 222 g/mol. The second-order valence-electron chi connectivity index (χ2n) is 4.61. The van der Waals surface area contributed by atoms with Crippen LogP contribution in [0.5, 0.6) is 0 Å². The van der Waals surface area contributed by atoms with Crippen molar-refractivity contribution >= 4 is 23.1 Å². The first-order valence-corrected chi connectivity index (χ1v) is 5.95. The van der Waals surface area contributed by atoms with Crippen molar-refractivity contribution in [2.75, 3.05) is 11.4 Å². The van der Waals surface area contributed by atoms with Gasteiger partial charge in [-0.3, -0.25) is 4.79 Å². The van der Waals surface area contributed by atoms with E-state index in [-0.39, 0.29) is 11.7 Å². The zero-order chi connectivity index (χ0) is 11.9. The normalized spacial score (nSPS) is 19.1. The Morgan fingerprint density at radius 1 is 1.50 bits per heavy atom. The lowest BCUT2D eigenvalue weighted by Gasteiger charge is -2.24. The van der Waals surface area contributed by atoms with Crippen LogP contribution in [0, 0.1) is 0 Å². The van der Waals surface area contributed by atoms with Gasteiger partial charge in [0.1, 0.15) is 5.78 Å². The lowest BCUT2D eigenvalue weighted by Crippen LogP contribution is -2.30. The molecule has 0 fully saturated rings. The second kappa shape index (κ2) is 4.10. The third kappa shape index (κ3) is 1.82. The number of rotatable bonds is 2. The molecule has 0 spiro atoms. The van der Waals surface area contributed by atoms with Crippen LogP contribution in [0.15, 0.2) is 18.2 Å². The van der Waals surface area contributed by atoms with Crippen LogP contribution in [0.1, 0.15) is 32.3 Å². The number of benzene rings is 1. The highest BCUT2D eigenvalue weighted by Gasteiger charge is 2.32. The van der Waals surface area contributed by atoms with Gasteiger partial charge in [-0.25, -0.2) is 0 Å². The third-order valence-electron chi connectivity index (χ3n) is 3.17. The highest BCUT2D eigenvalue weighted by Crippen LogP contribution is 2.39. The molecule has 0 saturated heterocycles. The first-order chi connectivity index (χ1) is 7.50. The topological polar surface area (TPSA) is 20.3 Å². The number of hydrogen-bond acceptors (Lipinski definition) is 2. The number of hydrogen-bond donors (Lipinski definition) is 0. The van der Waals surface area contributed by atoms with Crippen molar-refractivity contribution in [3.8, 4) is 0 Å². The van der Waals surface area contributed by atoms with Crippen LogP contribution >= 0.6 is 11.6 Å². The maximum Gasteiger partial charge on any atom is 0.139 e. The summed E-state index contributed by atoms with van der Waals surface area (Å²) < 4.78 is 0. The van der Waals surface area contributed by atoms with Crippen LogP contribution in [-0.4, -0.2) is 18.4 Å². The Hall–Kier alpha value is -1.02. The van der Waals surface area contributed by atoms with E-state index in [4.69, 9.17) is 11.6 Å². The van der Waals surface area contributed by atoms with Gasteiger partial charge in [-0.05, 0) is 44.5 Å².